The van der Waals surface area contributed by atoms with Gasteiger partial charge in [0, 0.05) is 5.41 Å². The molecule has 2 aromatic rings. The average molecular weight is 343 g/mol. The number of amides is 1. The maximum absolute atomic E-state index is 12.6. The molecule has 1 heterocycles. The van der Waals surface area contributed by atoms with Crippen molar-refractivity contribution < 1.29 is 18.0 Å². The van der Waals surface area contributed by atoms with Crippen molar-refractivity contribution in [2.24, 2.45) is 0 Å². The van der Waals surface area contributed by atoms with Gasteiger partial charge in [-0.3, -0.25) is 4.79 Å². The maximum Gasteiger partial charge on any atom is 0.416 e. The lowest BCUT2D eigenvalue weighted by Gasteiger charge is -2.12. The summed E-state index contributed by atoms with van der Waals surface area (Å²) in [6.45, 7) is 5.92. The highest BCUT2D eigenvalue weighted by atomic mass is 32.1. The minimum Gasteiger partial charge on any atom is -0.300 e. The Morgan fingerprint density at radius 3 is 2.48 bits per heavy atom. The van der Waals surface area contributed by atoms with Crippen molar-refractivity contribution in [2.45, 2.75) is 38.8 Å². The molecule has 1 amide bonds. The summed E-state index contributed by atoms with van der Waals surface area (Å²) >= 11 is 1.25. The van der Waals surface area contributed by atoms with E-state index in [0.717, 1.165) is 17.1 Å². The van der Waals surface area contributed by atoms with Crippen LogP contribution in [0, 0.1) is 0 Å². The molecule has 0 bridgehead atoms. The molecule has 0 radical (unpaired) electrons. The van der Waals surface area contributed by atoms with Crippen LogP contribution in [0.25, 0.3) is 0 Å². The Kier molecular flexibility index (Phi) is 4.74. The fraction of sp³-hybridized carbons (Fsp3) is 0.400. The molecule has 0 aliphatic carbocycles. The second-order valence-corrected chi connectivity index (χ2v) is 7.06. The second kappa shape index (κ2) is 6.27. The Bertz CT molecular complexity index is 704. The first-order valence-electron chi connectivity index (χ1n) is 6.86. The standard InChI is InChI=1S/C15H16F3N3OS/c1-14(2,3)12-20-21-13(23-12)19-11(22)8-9-5-4-6-10(7-9)15(16,17)18/h4-7H,8H2,1-3H3,(H,19,21,22). The van der Waals surface area contributed by atoms with Crippen LogP contribution in [0.1, 0.15) is 36.9 Å². The third kappa shape index (κ3) is 4.75. The fourth-order valence-corrected chi connectivity index (χ4v) is 2.60. The van der Waals surface area contributed by atoms with E-state index in [0.29, 0.717) is 5.13 Å². The Morgan fingerprint density at radius 1 is 1.22 bits per heavy atom. The van der Waals surface area contributed by atoms with Gasteiger partial charge in [-0.1, -0.05) is 50.3 Å². The van der Waals surface area contributed by atoms with Crippen molar-refractivity contribution in [1.29, 1.82) is 0 Å². The van der Waals surface area contributed by atoms with Gasteiger partial charge < -0.3 is 5.32 Å². The molecule has 4 nitrogen and oxygen atoms in total. The van der Waals surface area contributed by atoms with Gasteiger partial charge in [0.1, 0.15) is 5.01 Å². The first-order chi connectivity index (χ1) is 10.6. The lowest BCUT2D eigenvalue weighted by atomic mass is 9.98. The van der Waals surface area contributed by atoms with Crippen LogP contribution in [0.3, 0.4) is 0 Å². The molecule has 0 saturated carbocycles. The molecule has 124 valence electrons. The summed E-state index contributed by atoms with van der Waals surface area (Å²) in [5.74, 6) is -0.430. The van der Waals surface area contributed by atoms with Crippen molar-refractivity contribution >= 4 is 22.4 Å². The summed E-state index contributed by atoms with van der Waals surface area (Å²) in [6, 6.07) is 4.71. The highest BCUT2D eigenvalue weighted by Gasteiger charge is 2.30. The fourth-order valence-electron chi connectivity index (χ4n) is 1.78. The van der Waals surface area contributed by atoms with Crippen LogP contribution in [0.5, 0.6) is 0 Å². The van der Waals surface area contributed by atoms with Gasteiger partial charge in [-0.05, 0) is 11.6 Å². The number of benzene rings is 1. The van der Waals surface area contributed by atoms with Crippen LogP contribution in [0.15, 0.2) is 24.3 Å². The summed E-state index contributed by atoms with van der Waals surface area (Å²) < 4.78 is 37.9. The average Bonchev–Trinajstić information content (AvgIpc) is 2.86. The molecule has 0 unspecified atom stereocenters. The number of anilines is 1. The Balaban J connectivity index is 2.04. The Hall–Kier alpha value is -1.96. The van der Waals surface area contributed by atoms with E-state index in [1.165, 1.54) is 23.5 Å². The quantitative estimate of drug-likeness (QED) is 0.915. The Morgan fingerprint density at radius 2 is 1.91 bits per heavy atom. The van der Waals surface area contributed by atoms with Gasteiger partial charge in [-0.15, -0.1) is 10.2 Å². The lowest BCUT2D eigenvalue weighted by molar-refractivity contribution is -0.137. The van der Waals surface area contributed by atoms with Gasteiger partial charge in [-0.25, -0.2) is 0 Å². The number of hydrogen-bond donors (Lipinski definition) is 1. The van der Waals surface area contributed by atoms with Crippen LogP contribution in [0.4, 0.5) is 18.3 Å². The molecule has 0 atom stereocenters. The predicted molar refractivity (Wildman–Crippen MR) is 82.4 cm³/mol. The largest absolute Gasteiger partial charge is 0.416 e. The van der Waals surface area contributed by atoms with Crippen LogP contribution >= 0.6 is 11.3 Å². The van der Waals surface area contributed by atoms with Gasteiger partial charge in [0.2, 0.25) is 11.0 Å². The number of halogens is 3. The van der Waals surface area contributed by atoms with Crippen molar-refractivity contribution in [3.63, 3.8) is 0 Å². The first kappa shape index (κ1) is 17.4. The topological polar surface area (TPSA) is 54.9 Å². The molecule has 1 aromatic heterocycles. The maximum atomic E-state index is 12.6. The van der Waals surface area contributed by atoms with Gasteiger partial charge in [-0.2, -0.15) is 13.2 Å². The molecule has 23 heavy (non-hydrogen) atoms. The van der Waals surface area contributed by atoms with E-state index in [4.69, 9.17) is 0 Å². The van der Waals surface area contributed by atoms with E-state index in [-0.39, 0.29) is 17.4 Å². The molecule has 2 rings (SSSR count). The summed E-state index contributed by atoms with van der Waals surface area (Å²) in [6.07, 6.45) is -4.58. The van der Waals surface area contributed by atoms with Crippen LogP contribution in [-0.2, 0) is 22.8 Å². The van der Waals surface area contributed by atoms with Gasteiger partial charge >= 0.3 is 6.18 Å². The third-order valence-corrected chi connectivity index (χ3v) is 4.20. The van der Waals surface area contributed by atoms with Gasteiger partial charge in [0.05, 0.1) is 12.0 Å². The number of nitrogens with one attached hydrogen (secondary N) is 1. The van der Waals surface area contributed by atoms with E-state index in [2.05, 4.69) is 15.5 Å². The number of carbonyl (C=O) groups excluding carboxylic acids is 1. The molecule has 0 aliphatic heterocycles. The number of nitrogens with zero attached hydrogens (tertiary/aromatic N) is 2. The SMILES string of the molecule is CC(C)(C)c1nnc(NC(=O)Cc2cccc(C(F)(F)F)c2)s1. The predicted octanol–water partition coefficient (Wildman–Crippen LogP) is 4.04. The van der Waals surface area contributed by atoms with Crippen LogP contribution in [0.2, 0.25) is 0 Å². The lowest BCUT2D eigenvalue weighted by Crippen LogP contribution is -2.15. The van der Waals surface area contributed by atoms with Gasteiger partial charge in [0.25, 0.3) is 0 Å². The molecule has 1 aromatic carbocycles. The smallest absolute Gasteiger partial charge is 0.300 e. The highest BCUT2D eigenvalue weighted by molar-refractivity contribution is 7.15. The van der Waals surface area contributed by atoms with Crippen LogP contribution < -0.4 is 5.32 Å². The monoisotopic (exact) mass is 343 g/mol. The summed E-state index contributed by atoms with van der Waals surface area (Å²) in [5, 5.41) is 11.6. The zero-order valence-corrected chi connectivity index (χ0v) is 13.7. The molecule has 0 spiro atoms. The summed E-state index contributed by atoms with van der Waals surface area (Å²) in [4.78, 5) is 11.9. The minimum absolute atomic E-state index is 0.158. The first-order valence-corrected chi connectivity index (χ1v) is 7.67. The highest BCUT2D eigenvalue weighted by Crippen LogP contribution is 2.30. The van der Waals surface area contributed by atoms with Crippen LogP contribution in [-0.4, -0.2) is 16.1 Å². The third-order valence-electron chi connectivity index (χ3n) is 2.93. The zero-order chi connectivity index (χ0) is 17.3. The van der Waals surface area contributed by atoms with E-state index < -0.39 is 17.6 Å². The van der Waals surface area contributed by atoms with E-state index in [1.54, 1.807) is 0 Å². The minimum atomic E-state index is -4.42. The number of alkyl halides is 3. The van der Waals surface area contributed by atoms with E-state index in [9.17, 15) is 18.0 Å². The molecular weight excluding hydrogens is 327 g/mol. The molecule has 1 N–H and O–H groups in total. The Labute approximate surface area is 135 Å². The van der Waals surface area contributed by atoms with E-state index in [1.807, 2.05) is 20.8 Å². The summed E-state index contributed by atoms with van der Waals surface area (Å²) in [7, 11) is 0. The summed E-state index contributed by atoms with van der Waals surface area (Å²) in [5.41, 5.74) is -0.659. The molecule has 0 saturated heterocycles. The molecular formula is C15H16F3N3OS. The number of aromatic nitrogens is 2. The van der Waals surface area contributed by atoms with Gasteiger partial charge in [0.15, 0.2) is 0 Å². The van der Waals surface area contributed by atoms with Crippen molar-refractivity contribution in [1.82, 2.24) is 10.2 Å². The molecule has 0 aliphatic rings. The molecule has 8 heteroatoms. The van der Waals surface area contributed by atoms with E-state index >= 15 is 0 Å². The normalized spacial score (nSPS) is 12.3. The van der Waals surface area contributed by atoms with Crippen molar-refractivity contribution in [2.75, 3.05) is 5.32 Å². The van der Waals surface area contributed by atoms with Crippen molar-refractivity contribution in [3.05, 3.63) is 40.4 Å². The van der Waals surface area contributed by atoms with Crippen molar-refractivity contribution in [3.8, 4) is 0 Å². The zero-order valence-electron chi connectivity index (χ0n) is 12.9. The second-order valence-electron chi connectivity index (χ2n) is 6.09. The molecule has 0 fully saturated rings. The number of rotatable bonds is 3. The number of carbonyl (C=O) groups is 1. The number of hydrogen-bond acceptors (Lipinski definition) is 4.